The highest BCUT2D eigenvalue weighted by Crippen LogP contribution is 2.21. The van der Waals surface area contributed by atoms with Crippen molar-refractivity contribution >= 4 is 27.5 Å². The summed E-state index contributed by atoms with van der Waals surface area (Å²) in [7, 11) is -2.12. The van der Waals surface area contributed by atoms with Crippen molar-refractivity contribution in [3.05, 3.63) is 95.8 Å². The smallest absolute Gasteiger partial charge is 0.243 e. The summed E-state index contributed by atoms with van der Waals surface area (Å²) in [6, 6.07) is 21.2. The van der Waals surface area contributed by atoms with Crippen LogP contribution in [0.25, 0.3) is 0 Å². The summed E-state index contributed by atoms with van der Waals surface area (Å²) < 4.78 is 45.0. The zero-order chi connectivity index (χ0) is 29.8. The number of carbonyl (C=O) groups excluding carboxylic acids is 2. The molecular formula is C31H38FN3O5S. The Hall–Kier alpha value is -3.92. The first-order chi connectivity index (χ1) is 19.6. The molecule has 0 aromatic heterocycles. The minimum absolute atomic E-state index is 0.00350. The molecule has 1 atom stereocenters. The summed E-state index contributed by atoms with van der Waals surface area (Å²) in [4.78, 5) is 28.8. The molecule has 0 heterocycles. The number of methoxy groups -OCH3 is 1. The fourth-order valence-electron chi connectivity index (χ4n) is 4.50. The quantitative estimate of drug-likeness (QED) is 0.283. The molecule has 0 fully saturated rings. The first-order valence-electron chi connectivity index (χ1n) is 13.6. The minimum atomic E-state index is -3.68. The normalized spacial score (nSPS) is 11.9. The Bertz CT molecular complexity index is 1380. The van der Waals surface area contributed by atoms with Gasteiger partial charge in [-0.2, -0.15) is 0 Å². The maximum absolute atomic E-state index is 13.8. The Balaban J connectivity index is 1.88. The number of amides is 2. The van der Waals surface area contributed by atoms with Gasteiger partial charge in [-0.05, 0) is 60.4 Å². The predicted molar refractivity (Wildman–Crippen MR) is 159 cm³/mol. The van der Waals surface area contributed by atoms with Gasteiger partial charge in [0.1, 0.15) is 17.6 Å². The molecule has 41 heavy (non-hydrogen) atoms. The number of halogens is 1. The highest BCUT2D eigenvalue weighted by Gasteiger charge is 2.30. The average molecular weight is 584 g/mol. The molecule has 0 aliphatic rings. The molecule has 3 rings (SSSR count). The standard InChI is InChI=1S/C31H38FN3O5S/c1-4-19-33-31(37)29(22-24-10-6-5-7-11-24)34(23-25-12-8-13-28(21-25)40-2)30(36)14-9-20-35(41(3,38)39)27-17-15-26(32)16-18-27/h5-8,10-13,15-18,21,29H,4,9,14,19-20,22-23H2,1-3H3,(H,33,37)/t29-/m1/s1. The molecular weight excluding hydrogens is 545 g/mol. The van der Waals surface area contributed by atoms with E-state index in [2.05, 4.69) is 5.32 Å². The monoisotopic (exact) mass is 583 g/mol. The van der Waals surface area contributed by atoms with Crippen LogP contribution in [0, 0.1) is 5.82 Å². The van der Waals surface area contributed by atoms with Crippen LogP contribution in [0.4, 0.5) is 10.1 Å². The van der Waals surface area contributed by atoms with Crippen molar-refractivity contribution in [3.63, 3.8) is 0 Å². The molecule has 0 aliphatic carbocycles. The zero-order valence-corrected chi connectivity index (χ0v) is 24.6. The minimum Gasteiger partial charge on any atom is -0.497 e. The van der Waals surface area contributed by atoms with Crippen LogP contribution in [0.1, 0.15) is 37.3 Å². The fourth-order valence-corrected chi connectivity index (χ4v) is 5.46. The second-order valence-corrected chi connectivity index (χ2v) is 11.7. The molecule has 0 aliphatic heterocycles. The van der Waals surface area contributed by atoms with Gasteiger partial charge in [-0.25, -0.2) is 12.8 Å². The van der Waals surface area contributed by atoms with Gasteiger partial charge in [0.05, 0.1) is 19.1 Å². The maximum Gasteiger partial charge on any atom is 0.243 e. The van der Waals surface area contributed by atoms with Gasteiger partial charge >= 0.3 is 0 Å². The summed E-state index contributed by atoms with van der Waals surface area (Å²) in [5.41, 5.74) is 2.02. The van der Waals surface area contributed by atoms with Gasteiger partial charge in [0.2, 0.25) is 21.8 Å². The maximum atomic E-state index is 13.8. The Labute approximate surface area is 242 Å². The summed E-state index contributed by atoms with van der Waals surface area (Å²) in [6.07, 6.45) is 2.34. The van der Waals surface area contributed by atoms with Crippen LogP contribution in [0.2, 0.25) is 0 Å². The molecule has 3 aromatic carbocycles. The van der Waals surface area contributed by atoms with Crippen LogP contribution in [-0.4, -0.2) is 57.6 Å². The van der Waals surface area contributed by atoms with Crippen molar-refractivity contribution in [3.8, 4) is 5.75 Å². The number of sulfonamides is 1. The Kier molecular flexibility index (Phi) is 11.7. The molecule has 10 heteroatoms. The zero-order valence-electron chi connectivity index (χ0n) is 23.8. The summed E-state index contributed by atoms with van der Waals surface area (Å²) in [6.45, 7) is 2.63. The Morgan fingerprint density at radius 2 is 1.66 bits per heavy atom. The number of benzene rings is 3. The van der Waals surface area contributed by atoms with Crippen molar-refractivity contribution < 1.29 is 27.1 Å². The fraction of sp³-hybridized carbons (Fsp3) is 0.355. The van der Waals surface area contributed by atoms with Crippen molar-refractivity contribution in [1.29, 1.82) is 0 Å². The number of carbonyl (C=O) groups is 2. The van der Waals surface area contributed by atoms with Gasteiger partial charge in [0.25, 0.3) is 0 Å². The van der Waals surface area contributed by atoms with Crippen LogP contribution in [0.3, 0.4) is 0 Å². The van der Waals surface area contributed by atoms with E-state index in [-0.39, 0.29) is 37.7 Å². The van der Waals surface area contributed by atoms with Crippen molar-refractivity contribution in [1.82, 2.24) is 10.2 Å². The van der Waals surface area contributed by atoms with Gasteiger partial charge in [-0.15, -0.1) is 0 Å². The van der Waals surface area contributed by atoms with E-state index in [1.807, 2.05) is 55.5 Å². The summed E-state index contributed by atoms with van der Waals surface area (Å²) >= 11 is 0. The Morgan fingerprint density at radius 3 is 2.29 bits per heavy atom. The first-order valence-corrected chi connectivity index (χ1v) is 15.4. The Morgan fingerprint density at radius 1 is 0.976 bits per heavy atom. The third-order valence-electron chi connectivity index (χ3n) is 6.57. The second kappa shape index (κ2) is 15.2. The van der Waals surface area contributed by atoms with Crippen LogP contribution in [-0.2, 0) is 32.6 Å². The average Bonchev–Trinajstić information content (AvgIpc) is 2.96. The predicted octanol–water partition coefficient (Wildman–Crippen LogP) is 4.55. The summed E-state index contributed by atoms with van der Waals surface area (Å²) in [5, 5.41) is 2.94. The molecule has 0 radical (unpaired) electrons. The molecule has 3 aromatic rings. The molecule has 8 nitrogen and oxygen atoms in total. The number of hydrogen-bond acceptors (Lipinski definition) is 5. The third kappa shape index (κ3) is 9.60. The molecule has 1 N–H and O–H groups in total. The highest BCUT2D eigenvalue weighted by atomic mass is 32.2. The SMILES string of the molecule is CCCNC(=O)[C@@H](Cc1ccccc1)N(Cc1cccc(OC)c1)C(=O)CCCN(c1ccc(F)cc1)S(C)(=O)=O. The van der Waals surface area contributed by atoms with Crippen LogP contribution >= 0.6 is 0 Å². The largest absolute Gasteiger partial charge is 0.497 e. The van der Waals surface area contributed by atoms with E-state index in [0.717, 1.165) is 28.1 Å². The van der Waals surface area contributed by atoms with Crippen LogP contribution in [0.5, 0.6) is 5.75 Å². The summed E-state index contributed by atoms with van der Waals surface area (Å²) in [5.74, 6) is -0.381. The van der Waals surface area contributed by atoms with Crippen LogP contribution in [0.15, 0.2) is 78.9 Å². The van der Waals surface area contributed by atoms with E-state index in [9.17, 15) is 22.4 Å². The second-order valence-electron chi connectivity index (χ2n) is 9.78. The van der Waals surface area contributed by atoms with Crippen molar-refractivity contribution in [2.45, 2.75) is 45.2 Å². The lowest BCUT2D eigenvalue weighted by Crippen LogP contribution is -2.50. The van der Waals surface area contributed by atoms with Gasteiger partial charge in [-0.3, -0.25) is 13.9 Å². The van der Waals surface area contributed by atoms with Crippen molar-refractivity contribution in [2.24, 2.45) is 0 Å². The number of nitrogens with zero attached hydrogens (tertiary/aromatic N) is 2. The number of nitrogens with one attached hydrogen (secondary N) is 1. The van der Waals surface area contributed by atoms with Crippen LogP contribution < -0.4 is 14.4 Å². The molecule has 0 saturated carbocycles. The van der Waals surface area contributed by atoms with E-state index >= 15 is 0 Å². The van der Waals surface area contributed by atoms with E-state index in [1.54, 1.807) is 18.1 Å². The topological polar surface area (TPSA) is 96.0 Å². The van der Waals surface area contributed by atoms with Gasteiger partial charge in [0.15, 0.2) is 0 Å². The number of anilines is 1. The van der Waals surface area contributed by atoms with Gasteiger partial charge in [-0.1, -0.05) is 49.4 Å². The van der Waals surface area contributed by atoms with Gasteiger partial charge in [0, 0.05) is 32.5 Å². The molecule has 0 saturated heterocycles. The van der Waals surface area contributed by atoms with Gasteiger partial charge < -0.3 is 15.0 Å². The molecule has 0 bridgehead atoms. The van der Waals surface area contributed by atoms with E-state index in [0.29, 0.717) is 24.4 Å². The molecule has 0 spiro atoms. The third-order valence-corrected chi connectivity index (χ3v) is 7.77. The van der Waals surface area contributed by atoms with E-state index in [1.165, 1.54) is 24.3 Å². The molecule has 220 valence electrons. The van der Waals surface area contributed by atoms with E-state index in [4.69, 9.17) is 4.74 Å². The van der Waals surface area contributed by atoms with E-state index < -0.39 is 21.9 Å². The number of ether oxygens (including phenoxy) is 1. The lowest BCUT2D eigenvalue weighted by Gasteiger charge is -2.32. The number of rotatable bonds is 15. The highest BCUT2D eigenvalue weighted by molar-refractivity contribution is 7.92. The first kappa shape index (κ1) is 31.6. The lowest BCUT2D eigenvalue weighted by atomic mass is 10.0. The van der Waals surface area contributed by atoms with Crippen molar-refractivity contribution in [2.75, 3.05) is 30.8 Å². The lowest BCUT2D eigenvalue weighted by molar-refractivity contribution is -0.141. The molecule has 2 amide bonds. The number of hydrogen-bond donors (Lipinski definition) is 1. The molecule has 0 unspecified atom stereocenters.